The van der Waals surface area contributed by atoms with E-state index in [0.29, 0.717) is 23.7 Å². The average Bonchev–Trinajstić information content (AvgIpc) is 0.854. The van der Waals surface area contributed by atoms with Gasteiger partial charge in [-0.05, 0) is 194 Å². The molecule has 0 radical (unpaired) electrons. The predicted molar refractivity (Wildman–Crippen MR) is 383 cm³/mol. The lowest BCUT2D eigenvalue weighted by Crippen LogP contribution is -2.15. The minimum atomic E-state index is 0.263. The third kappa shape index (κ3) is 9.99. The Morgan fingerprint density at radius 1 is 0.378 bits per heavy atom. The molecular formula is C86H82N2O2. The van der Waals surface area contributed by atoms with E-state index in [2.05, 4.69) is 264 Å². The van der Waals surface area contributed by atoms with E-state index < -0.39 is 0 Å². The second-order valence-electron chi connectivity index (χ2n) is 26.6. The molecule has 0 unspecified atom stereocenters. The standard InChI is InChI=1S/C86H82N2O2/c1-7-56-23-15-17-31-66(56)62-29-19-30-63(51-62)68-33-21-37-78(84(68)89)87(64-43-39-58(40-44-64)54(3)4)80-52-76(60-25-11-9-12-26-60)69-48-50-75-81(53-77(61-27-13-10-14-28-61)70-47-49-74(80)82(69)83(70)75)88(65-45-41-59(42-46-65)55(5)6)79-38-22-36-73-72-35-20-34-71(85(72)90-86(73)79)67-32-18-16-24-57(67)8-2/h15-24,29-55,60-61,89H,7-14,25-28H2,1-6H3. The predicted octanol–water partition coefficient (Wildman–Crippen LogP) is 25.6. The van der Waals surface area contributed by atoms with Crippen molar-refractivity contribution >= 4 is 88.4 Å². The first kappa shape index (κ1) is 57.3. The molecule has 4 nitrogen and oxygen atoms in total. The number of hydrogen-bond donors (Lipinski definition) is 1. The summed E-state index contributed by atoms with van der Waals surface area (Å²) in [6.45, 7) is 13.6. The van der Waals surface area contributed by atoms with Gasteiger partial charge < -0.3 is 19.3 Å². The molecule has 0 bridgehead atoms. The van der Waals surface area contributed by atoms with Crippen LogP contribution in [0.5, 0.6) is 5.75 Å². The number of anilines is 6. The molecule has 1 aromatic heterocycles. The van der Waals surface area contributed by atoms with Gasteiger partial charge in [-0.25, -0.2) is 0 Å². The molecule has 1 N–H and O–H groups in total. The van der Waals surface area contributed by atoms with Gasteiger partial charge in [0.05, 0.1) is 22.7 Å². The molecule has 4 heteroatoms. The molecule has 2 aliphatic rings. The van der Waals surface area contributed by atoms with E-state index in [-0.39, 0.29) is 5.75 Å². The highest BCUT2D eigenvalue weighted by Crippen LogP contribution is 2.56. The Kier molecular flexibility index (Phi) is 15.3. The average molecular weight is 1180 g/mol. The van der Waals surface area contributed by atoms with E-state index in [4.69, 9.17) is 4.42 Å². The number of benzene rings is 12. The van der Waals surface area contributed by atoms with Gasteiger partial charge in [-0.2, -0.15) is 0 Å². The van der Waals surface area contributed by atoms with Gasteiger partial charge in [0.15, 0.2) is 5.58 Å². The molecule has 90 heavy (non-hydrogen) atoms. The maximum absolute atomic E-state index is 13.3. The molecule has 12 aromatic carbocycles. The zero-order valence-corrected chi connectivity index (χ0v) is 53.3. The van der Waals surface area contributed by atoms with Crippen LogP contribution in [0.15, 0.2) is 217 Å². The van der Waals surface area contributed by atoms with Crippen LogP contribution in [0.2, 0.25) is 0 Å². The highest BCUT2D eigenvalue weighted by Gasteiger charge is 2.32. The molecule has 13 aromatic rings. The summed E-state index contributed by atoms with van der Waals surface area (Å²) in [5.41, 5.74) is 22.5. The lowest BCUT2D eigenvalue weighted by Gasteiger charge is -2.33. The van der Waals surface area contributed by atoms with Gasteiger partial charge in [0.2, 0.25) is 0 Å². The highest BCUT2D eigenvalue weighted by atomic mass is 16.3. The Labute approximate surface area is 531 Å². The van der Waals surface area contributed by atoms with Crippen molar-refractivity contribution in [2.24, 2.45) is 0 Å². The van der Waals surface area contributed by atoms with E-state index in [1.807, 2.05) is 0 Å². The van der Waals surface area contributed by atoms with E-state index >= 15 is 0 Å². The third-order valence-electron chi connectivity index (χ3n) is 20.7. The second kappa shape index (κ2) is 24.0. The minimum Gasteiger partial charge on any atom is -0.505 e. The summed E-state index contributed by atoms with van der Waals surface area (Å²) in [4.78, 5) is 4.95. The number of furan rings is 1. The van der Waals surface area contributed by atoms with E-state index in [1.165, 1.54) is 121 Å². The van der Waals surface area contributed by atoms with Crippen LogP contribution in [0.25, 0.3) is 87.6 Å². The Bertz CT molecular complexity index is 4780. The zero-order chi connectivity index (χ0) is 61.1. The van der Waals surface area contributed by atoms with Crippen LogP contribution in [-0.4, -0.2) is 5.11 Å². The minimum absolute atomic E-state index is 0.263. The molecule has 15 rings (SSSR count). The van der Waals surface area contributed by atoms with Crippen LogP contribution >= 0.6 is 0 Å². The van der Waals surface area contributed by atoms with Crippen molar-refractivity contribution in [1.82, 2.24) is 0 Å². The Morgan fingerprint density at radius 3 is 1.37 bits per heavy atom. The number of nitrogens with zero attached hydrogens (tertiary/aromatic N) is 2. The fourth-order valence-electron chi connectivity index (χ4n) is 15.9. The topological polar surface area (TPSA) is 39.9 Å². The molecular weight excluding hydrogens is 1090 g/mol. The summed E-state index contributed by atoms with van der Waals surface area (Å²) in [5, 5.41) is 23.3. The molecule has 0 saturated heterocycles. The molecule has 448 valence electrons. The van der Waals surface area contributed by atoms with Crippen LogP contribution < -0.4 is 9.80 Å². The fourth-order valence-corrected chi connectivity index (χ4v) is 15.9. The number of aryl methyl sites for hydroxylation is 2. The van der Waals surface area contributed by atoms with Gasteiger partial charge >= 0.3 is 0 Å². The van der Waals surface area contributed by atoms with Gasteiger partial charge in [0.1, 0.15) is 11.3 Å². The summed E-state index contributed by atoms with van der Waals surface area (Å²) in [7, 11) is 0. The van der Waals surface area contributed by atoms with Gasteiger partial charge in [-0.1, -0.05) is 238 Å². The Balaban J connectivity index is 1.02. The normalized spacial score (nSPS) is 14.4. The SMILES string of the molecule is CCc1ccccc1-c1cccc(-c2cccc(N(c3ccc(C(C)C)cc3)c3cc(C4CCCCC4)c4ccc5c(N(c6ccc(C(C)C)cc6)c6cccc7c6oc6c(-c8ccccc8CC)cccc67)cc(C6CCCCC6)c6ccc3c4c65)c2O)c1. The van der Waals surface area contributed by atoms with Crippen molar-refractivity contribution in [3.63, 3.8) is 0 Å². The van der Waals surface area contributed by atoms with Crippen molar-refractivity contribution in [3.05, 3.63) is 246 Å². The van der Waals surface area contributed by atoms with Gasteiger partial charge in [-0.15, -0.1) is 0 Å². The van der Waals surface area contributed by atoms with Crippen LogP contribution in [0, 0.1) is 0 Å². The monoisotopic (exact) mass is 1170 g/mol. The van der Waals surface area contributed by atoms with Crippen LogP contribution in [0.3, 0.4) is 0 Å². The molecule has 0 atom stereocenters. The summed E-state index contributed by atoms with van der Waals surface area (Å²) in [5.74, 6) is 1.79. The first-order valence-electron chi connectivity index (χ1n) is 33.8. The second-order valence-corrected chi connectivity index (χ2v) is 26.6. The van der Waals surface area contributed by atoms with Crippen LogP contribution in [0.4, 0.5) is 34.1 Å². The first-order valence-corrected chi connectivity index (χ1v) is 33.8. The molecule has 1 heterocycles. The number of phenolic OH excluding ortho intramolecular Hbond substituents is 1. The van der Waals surface area contributed by atoms with Crippen molar-refractivity contribution < 1.29 is 9.52 Å². The largest absolute Gasteiger partial charge is 0.505 e. The molecule has 0 aliphatic heterocycles. The van der Waals surface area contributed by atoms with E-state index in [1.54, 1.807) is 0 Å². The molecule has 0 spiro atoms. The smallest absolute Gasteiger partial charge is 0.159 e. The summed E-state index contributed by atoms with van der Waals surface area (Å²) < 4.78 is 7.47. The number of rotatable bonds is 15. The van der Waals surface area contributed by atoms with Crippen molar-refractivity contribution in [2.45, 2.75) is 142 Å². The zero-order valence-electron chi connectivity index (χ0n) is 53.3. The quantitative estimate of drug-likeness (QED) is 0.104. The molecule has 2 aliphatic carbocycles. The number of para-hydroxylation sites is 3. The summed E-state index contributed by atoms with van der Waals surface area (Å²) in [6.07, 6.45) is 13.9. The molecule has 2 saturated carbocycles. The maximum Gasteiger partial charge on any atom is 0.159 e. The van der Waals surface area contributed by atoms with E-state index in [0.717, 1.165) is 111 Å². The fraction of sp³-hybridized carbons (Fsp3) is 0.256. The van der Waals surface area contributed by atoms with Crippen LogP contribution in [0.1, 0.15) is 163 Å². The van der Waals surface area contributed by atoms with E-state index in [9.17, 15) is 5.11 Å². The molecule has 2 fully saturated rings. The molecule has 0 amide bonds. The van der Waals surface area contributed by atoms with Crippen LogP contribution in [-0.2, 0) is 12.8 Å². The van der Waals surface area contributed by atoms with Gasteiger partial charge in [0.25, 0.3) is 0 Å². The van der Waals surface area contributed by atoms with Gasteiger partial charge in [-0.3, -0.25) is 0 Å². The lowest BCUT2D eigenvalue weighted by atomic mass is 9.77. The summed E-state index contributed by atoms with van der Waals surface area (Å²) >= 11 is 0. The summed E-state index contributed by atoms with van der Waals surface area (Å²) in [6, 6.07) is 79.7. The number of hydrogen-bond acceptors (Lipinski definition) is 4. The van der Waals surface area contributed by atoms with Crippen molar-refractivity contribution in [1.29, 1.82) is 0 Å². The third-order valence-corrected chi connectivity index (χ3v) is 20.7. The lowest BCUT2D eigenvalue weighted by molar-refractivity contribution is 0.445. The number of aromatic hydroxyl groups is 1. The number of fused-ring (bicyclic) bond motifs is 3. The Hall–Kier alpha value is -9.12. The van der Waals surface area contributed by atoms with Crippen molar-refractivity contribution in [3.8, 4) is 39.1 Å². The maximum atomic E-state index is 13.3. The first-order chi connectivity index (χ1) is 44.1. The van der Waals surface area contributed by atoms with Crippen molar-refractivity contribution in [2.75, 3.05) is 9.80 Å². The highest BCUT2D eigenvalue weighted by molar-refractivity contribution is 6.30. The Morgan fingerprint density at radius 2 is 0.811 bits per heavy atom. The number of phenols is 1. The van der Waals surface area contributed by atoms with Gasteiger partial charge in [0, 0.05) is 44.0 Å².